The lowest BCUT2D eigenvalue weighted by Gasteiger charge is -2.14. The summed E-state index contributed by atoms with van der Waals surface area (Å²) in [6.07, 6.45) is -4.76. The molecular formula is C24H18ClF3N2O5. The molecule has 7 nitrogen and oxygen atoms in total. The molecule has 0 aliphatic carbocycles. The number of halogens is 4. The van der Waals surface area contributed by atoms with Gasteiger partial charge >= 0.3 is 12.1 Å². The topological polar surface area (TPSA) is 105 Å². The largest absolute Gasteiger partial charge is 0.492 e. The van der Waals surface area contributed by atoms with Gasteiger partial charge in [0, 0.05) is 11.3 Å². The Bertz CT molecular complexity index is 1290. The quantitative estimate of drug-likeness (QED) is 0.367. The molecule has 3 aromatic rings. The van der Waals surface area contributed by atoms with Gasteiger partial charge in [0.25, 0.3) is 11.8 Å². The van der Waals surface area contributed by atoms with Crippen LogP contribution in [0.4, 0.5) is 24.5 Å². The minimum atomic E-state index is -4.76. The molecule has 0 saturated carbocycles. The Kier molecular flexibility index (Phi) is 7.65. The van der Waals surface area contributed by atoms with E-state index in [4.69, 9.17) is 16.3 Å². The van der Waals surface area contributed by atoms with E-state index in [1.165, 1.54) is 6.07 Å². The summed E-state index contributed by atoms with van der Waals surface area (Å²) in [6.45, 7) is 2.12. The first-order chi connectivity index (χ1) is 16.5. The predicted octanol–water partition coefficient (Wildman–Crippen LogP) is 5.96. The molecule has 0 unspecified atom stereocenters. The van der Waals surface area contributed by atoms with Crippen molar-refractivity contribution in [2.45, 2.75) is 13.1 Å². The monoisotopic (exact) mass is 506 g/mol. The van der Waals surface area contributed by atoms with Crippen LogP contribution in [0.25, 0.3) is 0 Å². The maximum Gasteiger partial charge on any atom is 0.417 e. The maximum atomic E-state index is 13.1. The molecule has 0 fully saturated rings. The van der Waals surface area contributed by atoms with Crippen molar-refractivity contribution in [3.8, 4) is 5.75 Å². The standard InChI is InChI=1S/C24H18ClF3N2O5/c1-2-35-20-6-4-3-5-19(20)30-21(31)13-7-9-15(23(33)34)16(11-13)22(32)29-14-8-10-18(25)17(12-14)24(26,27)28/h3-12H,2H2,1H3,(H,29,32)(H,30,31)(H,33,34). The number of carboxylic acid groups (broad SMARTS) is 1. The van der Waals surface area contributed by atoms with E-state index < -0.39 is 45.7 Å². The number of aromatic carboxylic acids is 1. The Labute approximate surface area is 202 Å². The van der Waals surface area contributed by atoms with Gasteiger partial charge < -0.3 is 20.5 Å². The number of carbonyl (C=O) groups excluding carboxylic acids is 2. The number of carboxylic acids is 1. The third-order valence-electron chi connectivity index (χ3n) is 4.72. The van der Waals surface area contributed by atoms with Crippen molar-refractivity contribution >= 4 is 40.8 Å². The van der Waals surface area contributed by atoms with E-state index in [1.807, 2.05) is 0 Å². The fraction of sp³-hybridized carbons (Fsp3) is 0.125. The van der Waals surface area contributed by atoms with Crippen LogP contribution in [0.5, 0.6) is 5.75 Å². The second-order valence-electron chi connectivity index (χ2n) is 7.10. The number of hydrogen-bond donors (Lipinski definition) is 3. The zero-order valence-electron chi connectivity index (χ0n) is 18.1. The number of para-hydroxylation sites is 2. The van der Waals surface area contributed by atoms with Crippen molar-refractivity contribution in [2.24, 2.45) is 0 Å². The van der Waals surface area contributed by atoms with Crippen LogP contribution >= 0.6 is 11.6 Å². The average Bonchev–Trinajstić information content (AvgIpc) is 2.80. The summed E-state index contributed by atoms with van der Waals surface area (Å²) in [5.41, 5.74) is -2.00. The molecule has 0 aliphatic rings. The fourth-order valence-electron chi connectivity index (χ4n) is 3.12. The van der Waals surface area contributed by atoms with Crippen LogP contribution in [-0.2, 0) is 6.18 Å². The van der Waals surface area contributed by atoms with E-state index >= 15 is 0 Å². The zero-order chi connectivity index (χ0) is 25.8. The number of carbonyl (C=O) groups is 3. The van der Waals surface area contributed by atoms with Crippen molar-refractivity contribution in [3.63, 3.8) is 0 Å². The molecule has 3 N–H and O–H groups in total. The van der Waals surface area contributed by atoms with Gasteiger partial charge in [0.2, 0.25) is 0 Å². The van der Waals surface area contributed by atoms with Crippen LogP contribution in [0.3, 0.4) is 0 Å². The number of nitrogens with one attached hydrogen (secondary N) is 2. The van der Waals surface area contributed by atoms with E-state index in [-0.39, 0.29) is 11.3 Å². The van der Waals surface area contributed by atoms with Crippen molar-refractivity contribution in [2.75, 3.05) is 17.2 Å². The molecule has 3 aromatic carbocycles. The van der Waals surface area contributed by atoms with Crippen LogP contribution in [0.15, 0.2) is 60.7 Å². The SMILES string of the molecule is CCOc1ccccc1NC(=O)c1ccc(C(=O)O)c(C(=O)Nc2ccc(Cl)c(C(F)(F)F)c2)c1. The molecule has 2 amide bonds. The first-order valence-corrected chi connectivity index (χ1v) is 10.5. The first kappa shape index (κ1) is 25.6. The van der Waals surface area contributed by atoms with Gasteiger partial charge in [0.05, 0.1) is 34.0 Å². The van der Waals surface area contributed by atoms with Crippen LogP contribution in [0.1, 0.15) is 43.6 Å². The number of anilines is 2. The van der Waals surface area contributed by atoms with Gasteiger partial charge in [0.1, 0.15) is 5.75 Å². The fourth-order valence-corrected chi connectivity index (χ4v) is 3.35. The Morgan fingerprint density at radius 2 is 1.66 bits per heavy atom. The number of amides is 2. The molecule has 0 aromatic heterocycles. The number of hydrogen-bond acceptors (Lipinski definition) is 4. The lowest BCUT2D eigenvalue weighted by atomic mass is 10.0. The van der Waals surface area contributed by atoms with E-state index in [0.717, 1.165) is 24.3 Å². The van der Waals surface area contributed by atoms with Gasteiger partial charge in [-0.05, 0) is 55.5 Å². The molecule has 0 spiro atoms. The first-order valence-electron chi connectivity index (χ1n) is 10.1. The van der Waals surface area contributed by atoms with Crippen molar-refractivity contribution in [3.05, 3.63) is 87.9 Å². The highest BCUT2D eigenvalue weighted by Gasteiger charge is 2.33. The van der Waals surface area contributed by atoms with Crippen LogP contribution < -0.4 is 15.4 Å². The Balaban J connectivity index is 1.92. The van der Waals surface area contributed by atoms with Crippen LogP contribution in [-0.4, -0.2) is 29.5 Å². The molecule has 0 heterocycles. The van der Waals surface area contributed by atoms with E-state index in [1.54, 1.807) is 31.2 Å². The minimum Gasteiger partial charge on any atom is -0.492 e. The molecule has 0 atom stereocenters. The highest BCUT2D eigenvalue weighted by atomic mass is 35.5. The Morgan fingerprint density at radius 1 is 0.943 bits per heavy atom. The van der Waals surface area contributed by atoms with Gasteiger partial charge in [-0.15, -0.1) is 0 Å². The predicted molar refractivity (Wildman–Crippen MR) is 123 cm³/mol. The lowest BCUT2D eigenvalue weighted by Crippen LogP contribution is -2.19. The molecule has 11 heteroatoms. The van der Waals surface area contributed by atoms with Crippen LogP contribution in [0.2, 0.25) is 5.02 Å². The second kappa shape index (κ2) is 10.5. The minimum absolute atomic E-state index is 0.0569. The van der Waals surface area contributed by atoms with E-state index in [0.29, 0.717) is 24.1 Å². The van der Waals surface area contributed by atoms with Crippen molar-refractivity contribution in [1.29, 1.82) is 0 Å². The lowest BCUT2D eigenvalue weighted by molar-refractivity contribution is -0.137. The molecule has 0 radical (unpaired) electrons. The van der Waals surface area contributed by atoms with Gasteiger partial charge in [-0.1, -0.05) is 23.7 Å². The third-order valence-corrected chi connectivity index (χ3v) is 5.05. The number of rotatable bonds is 7. The molecule has 0 saturated heterocycles. The second-order valence-corrected chi connectivity index (χ2v) is 7.50. The number of benzene rings is 3. The van der Waals surface area contributed by atoms with Gasteiger partial charge in [-0.2, -0.15) is 13.2 Å². The average molecular weight is 507 g/mol. The third kappa shape index (κ3) is 6.10. The van der Waals surface area contributed by atoms with Gasteiger partial charge in [-0.25, -0.2) is 4.79 Å². The smallest absolute Gasteiger partial charge is 0.417 e. The highest BCUT2D eigenvalue weighted by Crippen LogP contribution is 2.36. The molecule has 35 heavy (non-hydrogen) atoms. The van der Waals surface area contributed by atoms with Crippen LogP contribution in [0, 0.1) is 0 Å². The summed E-state index contributed by atoms with van der Waals surface area (Å²) >= 11 is 5.59. The molecule has 3 rings (SSSR count). The van der Waals surface area contributed by atoms with E-state index in [9.17, 15) is 32.7 Å². The zero-order valence-corrected chi connectivity index (χ0v) is 18.8. The molecule has 182 valence electrons. The summed E-state index contributed by atoms with van der Waals surface area (Å²) in [7, 11) is 0. The molecular weight excluding hydrogens is 489 g/mol. The van der Waals surface area contributed by atoms with Crippen molar-refractivity contribution in [1.82, 2.24) is 0 Å². The Morgan fingerprint density at radius 3 is 2.31 bits per heavy atom. The van der Waals surface area contributed by atoms with E-state index in [2.05, 4.69) is 10.6 Å². The summed E-state index contributed by atoms with van der Waals surface area (Å²) in [5.74, 6) is -2.74. The maximum absolute atomic E-state index is 13.1. The molecule has 0 bridgehead atoms. The van der Waals surface area contributed by atoms with Crippen molar-refractivity contribution < 1.29 is 37.4 Å². The number of ether oxygens (including phenoxy) is 1. The molecule has 0 aliphatic heterocycles. The highest BCUT2D eigenvalue weighted by molar-refractivity contribution is 6.31. The number of alkyl halides is 3. The summed E-state index contributed by atoms with van der Waals surface area (Å²) in [6, 6.07) is 12.7. The summed E-state index contributed by atoms with van der Waals surface area (Å²) in [5, 5.41) is 13.7. The van der Waals surface area contributed by atoms with Gasteiger partial charge in [0.15, 0.2) is 0 Å². The summed E-state index contributed by atoms with van der Waals surface area (Å²) in [4.78, 5) is 37.2. The normalized spacial score (nSPS) is 11.0. The Hall–Kier alpha value is -4.05. The summed E-state index contributed by atoms with van der Waals surface area (Å²) < 4.78 is 44.8. The van der Waals surface area contributed by atoms with Gasteiger partial charge in [-0.3, -0.25) is 9.59 Å².